The smallest absolute Gasteiger partial charge is 0.325 e. The van der Waals surface area contributed by atoms with Gasteiger partial charge in [0.05, 0.1) is 12.1 Å². The van der Waals surface area contributed by atoms with Gasteiger partial charge in [-0.05, 0) is 31.4 Å². The number of carbonyl (C=O) groups excluding carboxylic acids is 3. The molecule has 2 rings (SSSR count). The molecule has 0 fully saturated rings. The largest absolute Gasteiger partial charge is 0.480 e. The van der Waals surface area contributed by atoms with Crippen molar-refractivity contribution in [2.45, 2.75) is 70.8 Å². The highest BCUT2D eigenvalue weighted by atomic mass is 16.4. The van der Waals surface area contributed by atoms with Crippen molar-refractivity contribution >= 4 is 34.6 Å². The number of benzene rings is 1. The number of carboxylic acid groups (broad SMARTS) is 1. The predicted molar refractivity (Wildman–Crippen MR) is 130 cm³/mol. The molecule has 0 aliphatic heterocycles. The molecule has 6 unspecified atom stereocenters. The average molecular weight is 490 g/mol. The molecular formula is C24H35N5O6. The van der Waals surface area contributed by atoms with Gasteiger partial charge < -0.3 is 36.9 Å². The third-order valence-corrected chi connectivity index (χ3v) is 6.08. The second kappa shape index (κ2) is 12.3. The third-order valence-electron chi connectivity index (χ3n) is 6.08. The van der Waals surface area contributed by atoms with Gasteiger partial charge in [0, 0.05) is 23.5 Å². The van der Waals surface area contributed by atoms with Gasteiger partial charge in [0.25, 0.3) is 0 Å². The van der Waals surface area contributed by atoms with E-state index in [1.165, 1.54) is 13.8 Å². The molecule has 0 radical (unpaired) electrons. The van der Waals surface area contributed by atoms with Crippen LogP contribution < -0.4 is 21.7 Å². The summed E-state index contributed by atoms with van der Waals surface area (Å²) in [4.78, 5) is 52.9. The first-order chi connectivity index (χ1) is 16.5. The van der Waals surface area contributed by atoms with E-state index in [-0.39, 0.29) is 12.3 Å². The fourth-order valence-electron chi connectivity index (χ4n) is 3.53. The number of aliphatic hydroxyl groups excluding tert-OH is 1. The van der Waals surface area contributed by atoms with Crippen LogP contribution in [0.2, 0.25) is 0 Å². The zero-order chi connectivity index (χ0) is 26.3. The molecule has 0 aliphatic carbocycles. The molecule has 192 valence electrons. The Balaban J connectivity index is 2.27. The topological polar surface area (TPSA) is 187 Å². The summed E-state index contributed by atoms with van der Waals surface area (Å²) < 4.78 is 0. The summed E-state index contributed by atoms with van der Waals surface area (Å²) in [5.74, 6) is -3.50. The number of aromatic nitrogens is 1. The Morgan fingerprint density at radius 1 is 1.00 bits per heavy atom. The molecule has 6 atom stereocenters. The van der Waals surface area contributed by atoms with Crippen molar-refractivity contribution in [1.29, 1.82) is 0 Å². The molecule has 1 aromatic heterocycles. The summed E-state index contributed by atoms with van der Waals surface area (Å²) in [5, 5.41) is 27.6. The first kappa shape index (κ1) is 27.8. The number of nitrogens with one attached hydrogen (secondary N) is 4. The van der Waals surface area contributed by atoms with Crippen LogP contribution in [0.4, 0.5) is 0 Å². The second-order valence-corrected chi connectivity index (χ2v) is 8.83. The molecule has 2 aromatic rings. The van der Waals surface area contributed by atoms with Crippen molar-refractivity contribution in [3.63, 3.8) is 0 Å². The molecule has 11 heteroatoms. The van der Waals surface area contributed by atoms with Crippen molar-refractivity contribution < 1.29 is 29.4 Å². The summed E-state index contributed by atoms with van der Waals surface area (Å²) in [7, 11) is 0. The molecule has 0 spiro atoms. The van der Waals surface area contributed by atoms with E-state index in [0.717, 1.165) is 16.5 Å². The van der Waals surface area contributed by atoms with Crippen molar-refractivity contribution in [2.24, 2.45) is 11.7 Å². The van der Waals surface area contributed by atoms with Crippen molar-refractivity contribution in [1.82, 2.24) is 20.9 Å². The molecule has 1 heterocycles. The van der Waals surface area contributed by atoms with Crippen LogP contribution in [0.3, 0.4) is 0 Å². The van der Waals surface area contributed by atoms with E-state index in [4.69, 9.17) is 5.73 Å². The standard InChI is InChI=1S/C24H35N5O6/c1-5-12(2)19(25)22(32)29-20(14(4)30)23(33)28-18(21(31)27-13(3)24(34)35)10-15-11-26-17-9-7-6-8-16(15)17/h6-9,11-14,18-20,26,30H,5,10,25H2,1-4H3,(H,27,31)(H,28,33)(H,29,32)(H,34,35). The lowest BCUT2D eigenvalue weighted by Gasteiger charge is -2.27. The van der Waals surface area contributed by atoms with Crippen LogP contribution in [-0.4, -0.2) is 69.2 Å². The number of amides is 3. The van der Waals surface area contributed by atoms with E-state index in [2.05, 4.69) is 20.9 Å². The van der Waals surface area contributed by atoms with Gasteiger partial charge in [-0.3, -0.25) is 19.2 Å². The lowest BCUT2D eigenvalue weighted by atomic mass is 9.98. The highest BCUT2D eigenvalue weighted by molar-refractivity contribution is 5.95. The number of para-hydroxylation sites is 1. The van der Waals surface area contributed by atoms with Crippen molar-refractivity contribution in [3.05, 3.63) is 36.0 Å². The van der Waals surface area contributed by atoms with Gasteiger partial charge in [-0.2, -0.15) is 0 Å². The monoisotopic (exact) mass is 489 g/mol. The SMILES string of the molecule is CCC(C)C(N)C(=O)NC(C(=O)NC(Cc1c[nH]c2ccccc12)C(=O)NC(C)C(=O)O)C(C)O. The number of hydrogen-bond donors (Lipinski definition) is 7. The summed E-state index contributed by atoms with van der Waals surface area (Å²) in [6.45, 7) is 6.32. The first-order valence-corrected chi connectivity index (χ1v) is 11.6. The van der Waals surface area contributed by atoms with Crippen molar-refractivity contribution in [3.8, 4) is 0 Å². The molecule has 11 nitrogen and oxygen atoms in total. The number of H-pyrrole nitrogens is 1. The van der Waals surface area contributed by atoms with Crippen LogP contribution in [0.15, 0.2) is 30.5 Å². The van der Waals surface area contributed by atoms with E-state index in [0.29, 0.717) is 6.42 Å². The Bertz CT molecular complexity index is 1050. The minimum absolute atomic E-state index is 0.0424. The second-order valence-electron chi connectivity index (χ2n) is 8.83. The van der Waals surface area contributed by atoms with E-state index in [1.807, 2.05) is 31.2 Å². The summed E-state index contributed by atoms with van der Waals surface area (Å²) >= 11 is 0. The van der Waals surface area contributed by atoms with E-state index >= 15 is 0 Å². The number of rotatable bonds is 12. The van der Waals surface area contributed by atoms with Gasteiger partial charge in [-0.25, -0.2) is 0 Å². The normalized spacial score (nSPS) is 16.4. The highest BCUT2D eigenvalue weighted by Gasteiger charge is 2.33. The van der Waals surface area contributed by atoms with Crippen molar-refractivity contribution in [2.75, 3.05) is 0 Å². The Hall–Kier alpha value is -3.44. The van der Waals surface area contributed by atoms with Gasteiger partial charge in [-0.1, -0.05) is 38.5 Å². The lowest BCUT2D eigenvalue weighted by Crippen LogP contribution is -2.60. The van der Waals surface area contributed by atoms with Gasteiger partial charge in [0.15, 0.2) is 0 Å². The van der Waals surface area contributed by atoms with Crippen LogP contribution in [0, 0.1) is 5.92 Å². The molecule has 0 bridgehead atoms. The van der Waals surface area contributed by atoms with E-state index < -0.39 is 54.0 Å². The van der Waals surface area contributed by atoms with E-state index in [1.54, 1.807) is 13.1 Å². The van der Waals surface area contributed by atoms with Gasteiger partial charge >= 0.3 is 5.97 Å². The van der Waals surface area contributed by atoms with Crippen LogP contribution in [-0.2, 0) is 25.6 Å². The number of nitrogens with two attached hydrogens (primary N) is 1. The molecule has 3 amide bonds. The molecule has 35 heavy (non-hydrogen) atoms. The predicted octanol–water partition coefficient (Wildman–Crippen LogP) is 0.0235. The molecule has 8 N–H and O–H groups in total. The summed E-state index contributed by atoms with van der Waals surface area (Å²) in [6, 6.07) is 2.78. The Morgan fingerprint density at radius 2 is 1.66 bits per heavy atom. The minimum Gasteiger partial charge on any atom is -0.480 e. The number of aromatic amines is 1. The van der Waals surface area contributed by atoms with Gasteiger partial charge in [0.2, 0.25) is 17.7 Å². The quantitative estimate of drug-likeness (QED) is 0.219. The molecule has 1 aromatic carbocycles. The van der Waals surface area contributed by atoms with E-state index in [9.17, 15) is 29.4 Å². The van der Waals surface area contributed by atoms with Gasteiger partial charge in [-0.15, -0.1) is 0 Å². The maximum Gasteiger partial charge on any atom is 0.325 e. The van der Waals surface area contributed by atoms with Gasteiger partial charge in [0.1, 0.15) is 18.1 Å². The minimum atomic E-state index is -1.37. The fourth-order valence-corrected chi connectivity index (χ4v) is 3.53. The van der Waals surface area contributed by atoms with Crippen LogP contribution in [0.25, 0.3) is 10.9 Å². The van der Waals surface area contributed by atoms with Crippen LogP contribution >= 0.6 is 0 Å². The van der Waals surface area contributed by atoms with Crippen LogP contribution in [0.5, 0.6) is 0 Å². The average Bonchev–Trinajstić information content (AvgIpc) is 3.23. The number of fused-ring (bicyclic) bond motifs is 1. The fraction of sp³-hybridized carbons (Fsp3) is 0.500. The molecule has 0 saturated carbocycles. The molecule has 0 saturated heterocycles. The molecular weight excluding hydrogens is 454 g/mol. The Labute approximate surface area is 203 Å². The number of carbonyl (C=O) groups is 4. The number of aliphatic hydroxyl groups is 1. The summed E-state index contributed by atoms with van der Waals surface area (Å²) in [5.41, 5.74) is 7.50. The summed E-state index contributed by atoms with van der Waals surface area (Å²) in [6.07, 6.45) is 1.12. The third kappa shape index (κ3) is 7.27. The van der Waals surface area contributed by atoms with Crippen LogP contribution in [0.1, 0.15) is 39.7 Å². The zero-order valence-electron chi connectivity index (χ0n) is 20.4. The maximum absolute atomic E-state index is 13.1. The number of aliphatic carboxylic acids is 1. The first-order valence-electron chi connectivity index (χ1n) is 11.6. The Morgan fingerprint density at radius 3 is 2.26 bits per heavy atom. The number of hydrogen-bond acceptors (Lipinski definition) is 6. The number of carboxylic acids is 1. The lowest BCUT2D eigenvalue weighted by molar-refractivity contribution is -0.142. The molecule has 0 aliphatic rings. The maximum atomic E-state index is 13.1. The Kier molecular flexibility index (Phi) is 9.78. The zero-order valence-corrected chi connectivity index (χ0v) is 20.4. The highest BCUT2D eigenvalue weighted by Crippen LogP contribution is 2.19.